The first kappa shape index (κ1) is 15.3. The van der Waals surface area contributed by atoms with Crippen molar-refractivity contribution in [3.63, 3.8) is 0 Å². The van der Waals surface area contributed by atoms with Crippen molar-refractivity contribution in [2.24, 2.45) is 0 Å². The average Bonchev–Trinajstić information content (AvgIpc) is 2.62. The molecule has 1 fully saturated rings. The number of alkyl halides is 3. The summed E-state index contributed by atoms with van der Waals surface area (Å²) >= 11 is 0. The van der Waals surface area contributed by atoms with E-state index in [9.17, 15) is 18.0 Å². The van der Waals surface area contributed by atoms with E-state index in [-0.39, 0.29) is 18.4 Å². The minimum atomic E-state index is -4.09. The minimum absolute atomic E-state index is 0.0375. The Labute approximate surface area is 106 Å². The molecule has 0 saturated carbocycles. The first-order chi connectivity index (χ1) is 8.44. The molecular weight excluding hydrogens is 245 g/mol. The van der Waals surface area contributed by atoms with E-state index in [1.54, 1.807) is 4.90 Å². The van der Waals surface area contributed by atoms with Gasteiger partial charge in [-0.3, -0.25) is 10.1 Å². The molecule has 0 radical (unpaired) electrons. The van der Waals surface area contributed by atoms with Crippen LogP contribution in [0.4, 0.5) is 13.2 Å². The van der Waals surface area contributed by atoms with Crippen LogP contribution >= 0.6 is 0 Å². The van der Waals surface area contributed by atoms with Crippen LogP contribution in [-0.2, 0) is 4.79 Å². The van der Waals surface area contributed by atoms with Gasteiger partial charge in [-0.25, -0.2) is 0 Å². The van der Waals surface area contributed by atoms with Crippen molar-refractivity contribution in [1.82, 2.24) is 10.2 Å². The van der Waals surface area contributed by atoms with Crippen molar-refractivity contribution < 1.29 is 18.0 Å². The summed E-state index contributed by atoms with van der Waals surface area (Å²) in [5.41, 5.74) is 0. The number of hydrogen-bond acceptors (Lipinski definition) is 2. The first-order valence-electron chi connectivity index (χ1n) is 6.53. The summed E-state index contributed by atoms with van der Waals surface area (Å²) in [5.74, 6) is 0.0375. The predicted molar refractivity (Wildman–Crippen MR) is 62.9 cm³/mol. The van der Waals surface area contributed by atoms with Crippen LogP contribution in [0.25, 0.3) is 0 Å². The molecule has 1 saturated heterocycles. The number of unbranched alkanes of at least 4 members (excludes halogenated alkanes) is 2. The van der Waals surface area contributed by atoms with Crippen molar-refractivity contribution in [3.05, 3.63) is 0 Å². The van der Waals surface area contributed by atoms with Crippen LogP contribution in [0.5, 0.6) is 0 Å². The Morgan fingerprint density at radius 1 is 1.33 bits per heavy atom. The molecule has 0 spiro atoms. The van der Waals surface area contributed by atoms with Crippen molar-refractivity contribution >= 4 is 5.91 Å². The van der Waals surface area contributed by atoms with E-state index in [4.69, 9.17) is 0 Å². The summed E-state index contributed by atoms with van der Waals surface area (Å²) < 4.78 is 35.8. The zero-order valence-electron chi connectivity index (χ0n) is 10.7. The van der Waals surface area contributed by atoms with E-state index in [1.807, 2.05) is 0 Å². The van der Waals surface area contributed by atoms with Gasteiger partial charge in [0, 0.05) is 13.0 Å². The Morgan fingerprint density at radius 2 is 2.06 bits per heavy atom. The van der Waals surface area contributed by atoms with Crippen LogP contribution in [0.1, 0.15) is 45.4 Å². The molecule has 1 aliphatic heterocycles. The summed E-state index contributed by atoms with van der Waals surface area (Å²) in [7, 11) is 0. The van der Waals surface area contributed by atoms with Crippen LogP contribution in [0.3, 0.4) is 0 Å². The maximum absolute atomic E-state index is 11.9. The van der Waals surface area contributed by atoms with E-state index in [1.165, 1.54) is 0 Å². The molecule has 6 heteroatoms. The lowest BCUT2D eigenvalue weighted by molar-refractivity contribution is -0.136. The maximum atomic E-state index is 11.9. The monoisotopic (exact) mass is 266 g/mol. The van der Waals surface area contributed by atoms with Crippen LogP contribution in [-0.4, -0.2) is 36.2 Å². The second-order valence-corrected chi connectivity index (χ2v) is 4.73. The molecule has 1 N–H and O–H groups in total. The standard InChI is InChI=1S/C12H21F3N2O/c1-2-3-6-10-11(18)17(9-16-10)8-5-4-7-12(13,14)15/h10,16H,2-9H2,1H3. The molecule has 1 aliphatic rings. The molecule has 1 amide bonds. The summed E-state index contributed by atoms with van der Waals surface area (Å²) in [5, 5.41) is 3.10. The van der Waals surface area contributed by atoms with Crippen LogP contribution in [0, 0.1) is 0 Å². The molecule has 0 aromatic carbocycles. The number of amides is 1. The van der Waals surface area contributed by atoms with Gasteiger partial charge in [-0.05, 0) is 19.3 Å². The Hall–Kier alpha value is -0.780. The van der Waals surface area contributed by atoms with Crippen molar-refractivity contribution in [2.45, 2.75) is 57.7 Å². The van der Waals surface area contributed by atoms with E-state index >= 15 is 0 Å². The number of hydrogen-bond donors (Lipinski definition) is 1. The zero-order chi connectivity index (χ0) is 13.6. The number of rotatable bonds is 7. The summed E-state index contributed by atoms with van der Waals surface area (Å²) in [6.07, 6.45) is -1.50. The van der Waals surface area contributed by atoms with E-state index in [2.05, 4.69) is 12.2 Å². The van der Waals surface area contributed by atoms with E-state index in [0.29, 0.717) is 19.6 Å². The normalized spacial score (nSPS) is 20.8. The molecule has 18 heavy (non-hydrogen) atoms. The predicted octanol–water partition coefficient (Wildman–Crippen LogP) is 2.67. The lowest BCUT2D eigenvalue weighted by Gasteiger charge is -2.15. The number of nitrogens with zero attached hydrogens (tertiary/aromatic N) is 1. The average molecular weight is 266 g/mol. The lowest BCUT2D eigenvalue weighted by Crippen LogP contribution is -2.31. The molecule has 0 aliphatic carbocycles. The van der Waals surface area contributed by atoms with E-state index < -0.39 is 12.6 Å². The second kappa shape index (κ2) is 6.97. The number of carbonyl (C=O) groups excluding carboxylic acids is 1. The van der Waals surface area contributed by atoms with Gasteiger partial charge in [0.2, 0.25) is 5.91 Å². The molecule has 1 atom stereocenters. The highest BCUT2D eigenvalue weighted by atomic mass is 19.4. The van der Waals surface area contributed by atoms with Gasteiger partial charge in [0.25, 0.3) is 0 Å². The number of nitrogens with one attached hydrogen (secondary N) is 1. The Balaban J connectivity index is 2.18. The summed E-state index contributed by atoms with van der Waals surface area (Å²) in [6, 6.07) is -0.132. The van der Waals surface area contributed by atoms with Crippen molar-refractivity contribution in [2.75, 3.05) is 13.2 Å². The third-order valence-electron chi connectivity index (χ3n) is 3.12. The Bertz CT molecular complexity index is 269. The lowest BCUT2D eigenvalue weighted by atomic mass is 10.1. The van der Waals surface area contributed by atoms with Crippen LogP contribution < -0.4 is 5.32 Å². The third-order valence-corrected chi connectivity index (χ3v) is 3.12. The fraction of sp³-hybridized carbons (Fsp3) is 0.917. The van der Waals surface area contributed by atoms with Gasteiger partial charge in [-0.1, -0.05) is 19.8 Å². The third kappa shape index (κ3) is 5.25. The summed E-state index contributed by atoms with van der Waals surface area (Å²) in [6.45, 7) is 2.96. The number of carbonyl (C=O) groups is 1. The molecule has 0 bridgehead atoms. The second-order valence-electron chi connectivity index (χ2n) is 4.73. The highest BCUT2D eigenvalue weighted by Crippen LogP contribution is 2.22. The zero-order valence-corrected chi connectivity index (χ0v) is 10.7. The molecule has 0 aromatic heterocycles. The molecule has 1 unspecified atom stereocenters. The maximum Gasteiger partial charge on any atom is 0.389 e. The van der Waals surface area contributed by atoms with E-state index in [0.717, 1.165) is 19.3 Å². The Morgan fingerprint density at radius 3 is 2.67 bits per heavy atom. The highest BCUT2D eigenvalue weighted by molar-refractivity contribution is 5.83. The largest absolute Gasteiger partial charge is 0.389 e. The van der Waals surface area contributed by atoms with Gasteiger partial charge >= 0.3 is 6.18 Å². The smallest absolute Gasteiger partial charge is 0.329 e. The van der Waals surface area contributed by atoms with Gasteiger partial charge < -0.3 is 4.90 Å². The number of halogens is 3. The van der Waals surface area contributed by atoms with Gasteiger partial charge in [-0.15, -0.1) is 0 Å². The molecule has 0 aromatic rings. The Kier molecular flexibility index (Phi) is 5.91. The van der Waals surface area contributed by atoms with Gasteiger partial charge in [0.1, 0.15) is 0 Å². The van der Waals surface area contributed by atoms with Crippen LogP contribution in [0.2, 0.25) is 0 Å². The molecule has 106 valence electrons. The fourth-order valence-corrected chi connectivity index (χ4v) is 2.06. The minimum Gasteiger partial charge on any atom is -0.329 e. The van der Waals surface area contributed by atoms with Crippen molar-refractivity contribution in [1.29, 1.82) is 0 Å². The SMILES string of the molecule is CCCCC1NCN(CCCCC(F)(F)F)C1=O. The molecular formula is C12H21F3N2O. The highest BCUT2D eigenvalue weighted by Gasteiger charge is 2.30. The molecule has 1 heterocycles. The van der Waals surface area contributed by atoms with Gasteiger partial charge in [0.15, 0.2) is 0 Å². The topological polar surface area (TPSA) is 32.3 Å². The van der Waals surface area contributed by atoms with Crippen molar-refractivity contribution in [3.8, 4) is 0 Å². The van der Waals surface area contributed by atoms with Crippen LogP contribution in [0.15, 0.2) is 0 Å². The van der Waals surface area contributed by atoms with Gasteiger partial charge in [-0.2, -0.15) is 13.2 Å². The van der Waals surface area contributed by atoms with Gasteiger partial charge in [0.05, 0.1) is 12.7 Å². The molecule has 1 rings (SSSR count). The first-order valence-corrected chi connectivity index (χ1v) is 6.53. The molecule has 3 nitrogen and oxygen atoms in total. The summed E-state index contributed by atoms with van der Waals surface area (Å²) in [4.78, 5) is 13.5. The fourth-order valence-electron chi connectivity index (χ4n) is 2.06. The quantitative estimate of drug-likeness (QED) is 0.718.